The lowest BCUT2D eigenvalue weighted by Crippen LogP contribution is -2.48. The molecule has 0 aromatic heterocycles. The highest BCUT2D eigenvalue weighted by Gasteiger charge is 2.51. The van der Waals surface area contributed by atoms with Gasteiger partial charge in [-0.25, -0.2) is 0 Å². The molecular formula is C15H17N3O4S. The molecule has 2 aliphatic carbocycles. The monoisotopic (exact) mass is 335 g/mol. The molecule has 7 nitrogen and oxygen atoms in total. The molecule has 0 saturated heterocycles. The maximum Gasteiger partial charge on any atom is 0.308 e. The number of nitro benzene ring substituents is 1. The number of hydrogen-bond donors (Lipinski definition) is 3. The molecule has 3 N–H and O–H groups in total. The predicted molar refractivity (Wildman–Crippen MR) is 88.2 cm³/mol. The number of carboxylic acids is 1. The third kappa shape index (κ3) is 3.12. The fraction of sp³-hybridized carbons (Fsp3) is 0.467. The van der Waals surface area contributed by atoms with Gasteiger partial charge >= 0.3 is 5.97 Å². The second-order valence-corrected chi connectivity index (χ2v) is 6.53. The SMILES string of the molecule is O=C(O)C1C2CCC(C2)C1NC(=S)Nc1ccc([N+](=O)[O-])cc1. The van der Waals surface area contributed by atoms with Crippen LogP contribution in [0.1, 0.15) is 19.3 Å². The molecule has 0 heterocycles. The summed E-state index contributed by atoms with van der Waals surface area (Å²) < 4.78 is 0. The Balaban J connectivity index is 1.63. The van der Waals surface area contributed by atoms with Crippen molar-refractivity contribution in [2.45, 2.75) is 25.3 Å². The average molecular weight is 335 g/mol. The molecule has 2 bridgehead atoms. The summed E-state index contributed by atoms with van der Waals surface area (Å²) in [6.45, 7) is 0. The van der Waals surface area contributed by atoms with E-state index in [2.05, 4.69) is 10.6 Å². The number of aliphatic carboxylic acids is 1. The van der Waals surface area contributed by atoms with Gasteiger partial charge < -0.3 is 15.7 Å². The van der Waals surface area contributed by atoms with Gasteiger partial charge in [-0.3, -0.25) is 14.9 Å². The number of nitrogens with one attached hydrogen (secondary N) is 2. The molecule has 8 heteroatoms. The molecule has 2 aliphatic rings. The molecule has 122 valence electrons. The predicted octanol–water partition coefficient (Wildman–Crippen LogP) is 2.38. The van der Waals surface area contributed by atoms with E-state index < -0.39 is 16.8 Å². The lowest BCUT2D eigenvalue weighted by atomic mass is 9.84. The van der Waals surface area contributed by atoms with E-state index in [1.165, 1.54) is 12.1 Å². The maximum atomic E-state index is 11.5. The summed E-state index contributed by atoms with van der Waals surface area (Å²) in [5, 5.41) is 26.5. The fourth-order valence-electron chi connectivity index (χ4n) is 3.84. The van der Waals surface area contributed by atoms with Crippen molar-refractivity contribution in [1.82, 2.24) is 5.32 Å². The van der Waals surface area contributed by atoms with Gasteiger partial charge in [-0.05, 0) is 55.4 Å². The highest BCUT2D eigenvalue weighted by Crippen LogP contribution is 2.48. The van der Waals surface area contributed by atoms with Crippen LogP contribution in [0.15, 0.2) is 24.3 Å². The minimum Gasteiger partial charge on any atom is -0.481 e. The Kier molecular flexibility index (Phi) is 4.16. The number of hydrogen-bond acceptors (Lipinski definition) is 4. The number of nitrogens with zero attached hydrogens (tertiary/aromatic N) is 1. The summed E-state index contributed by atoms with van der Waals surface area (Å²) in [5.41, 5.74) is 0.636. The van der Waals surface area contributed by atoms with Gasteiger partial charge in [-0.15, -0.1) is 0 Å². The van der Waals surface area contributed by atoms with E-state index in [9.17, 15) is 20.0 Å². The van der Waals surface area contributed by atoms with E-state index in [-0.39, 0.29) is 17.6 Å². The third-order valence-electron chi connectivity index (χ3n) is 4.84. The smallest absolute Gasteiger partial charge is 0.308 e. The summed E-state index contributed by atoms with van der Waals surface area (Å²) in [7, 11) is 0. The maximum absolute atomic E-state index is 11.5. The van der Waals surface area contributed by atoms with E-state index in [4.69, 9.17) is 12.2 Å². The molecule has 0 radical (unpaired) electrons. The standard InChI is InChI=1S/C15H17N3O4S/c19-14(20)12-8-1-2-9(7-8)13(12)17-15(23)16-10-3-5-11(6-4-10)18(21)22/h3-6,8-9,12-13H,1-2,7H2,(H,19,20)(H2,16,17,23). The first-order valence-corrected chi connectivity index (χ1v) is 7.91. The van der Waals surface area contributed by atoms with Crippen molar-refractivity contribution in [1.29, 1.82) is 0 Å². The Labute approximate surface area is 138 Å². The highest BCUT2D eigenvalue weighted by atomic mass is 32.1. The summed E-state index contributed by atoms with van der Waals surface area (Å²) in [6.07, 6.45) is 2.95. The molecule has 1 aromatic rings. The first kappa shape index (κ1) is 15.7. The summed E-state index contributed by atoms with van der Waals surface area (Å²) in [5.74, 6) is -0.590. The van der Waals surface area contributed by atoms with Crippen molar-refractivity contribution in [2.24, 2.45) is 17.8 Å². The van der Waals surface area contributed by atoms with Gasteiger partial charge in [-0.2, -0.15) is 0 Å². The van der Waals surface area contributed by atoms with Gasteiger partial charge in [0.2, 0.25) is 0 Å². The van der Waals surface area contributed by atoms with E-state index in [0.29, 0.717) is 16.7 Å². The van der Waals surface area contributed by atoms with E-state index >= 15 is 0 Å². The zero-order valence-corrected chi connectivity index (χ0v) is 13.1. The molecule has 0 amide bonds. The molecule has 23 heavy (non-hydrogen) atoms. The topological polar surface area (TPSA) is 104 Å². The quantitative estimate of drug-likeness (QED) is 0.441. The lowest BCUT2D eigenvalue weighted by Gasteiger charge is -2.30. The molecule has 3 rings (SSSR count). The molecular weight excluding hydrogens is 318 g/mol. The number of non-ortho nitro benzene ring substituents is 1. The van der Waals surface area contributed by atoms with Crippen LogP contribution in [0, 0.1) is 27.9 Å². The Morgan fingerprint density at radius 2 is 1.91 bits per heavy atom. The number of rotatable bonds is 4. The van der Waals surface area contributed by atoms with Gasteiger partial charge in [0.25, 0.3) is 5.69 Å². The number of fused-ring (bicyclic) bond motifs is 2. The summed E-state index contributed by atoms with van der Waals surface area (Å²) in [6, 6.07) is 5.78. The third-order valence-corrected chi connectivity index (χ3v) is 5.06. The number of nitro groups is 1. The molecule has 4 atom stereocenters. The molecule has 2 saturated carbocycles. The Bertz CT molecular complexity index is 649. The molecule has 1 aromatic carbocycles. The highest BCUT2D eigenvalue weighted by molar-refractivity contribution is 7.80. The minimum absolute atomic E-state index is 0.00784. The van der Waals surface area contributed by atoms with Crippen molar-refractivity contribution in [3.63, 3.8) is 0 Å². The van der Waals surface area contributed by atoms with Crippen LogP contribution in [-0.2, 0) is 4.79 Å². The van der Waals surface area contributed by atoms with Crippen LogP contribution in [0.4, 0.5) is 11.4 Å². The van der Waals surface area contributed by atoms with Gasteiger partial charge in [0.05, 0.1) is 10.8 Å². The van der Waals surface area contributed by atoms with Crippen LogP contribution in [0.3, 0.4) is 0 Å². The first-order valence-electron chi connectivity index (χ1n) is 7.50. The zero-order valence-electron chi connectivity index (χ0n) is 12.3. The Hall–Kier alpha value is -2.22. The Morgan fingerprint density at radius 1 is 1.26 bits per heavy atom. The van der Waals surface area contributed by atoms with Crippen LogP contribution in [-0.4, -0.2) is 27.2 Å². The first-order chi connectivity index (χ1) is 11.0. The van der Waals surface area contributed by atoms with E-state index in [1.807, 2.05) is 0 Å². The number of anilines is 1. The van der Waals surface area contributed by atoms with E-state index in [1.54, 1.807) is 12.1 Å². The minimum atomic E-state index is -0.771. The second kappa shape index (κ2) is 6.11. The normalized spacial score (nSPS) is 28.3. The number of carbonyl (C=O) groups is 1. The van der Waals surface area contributed by atoms with Gasteiger partial charge in [-0.1, -0.05) is 0 Å². The van der Waals surface area contributed by atoms with Crippen LogP contribution in [0.5, 0.6) is 0 Å². The molecule has 4 unspecified atom stereocenters. The van der Waals surface area contributed by atoms with Crippen LogP contribution < -0.4 is 10.6 Å². The number of benzene rings is 1. The summed E-state index contributed by atoms with van der Waals surface area (Å²) >= 11 is 5.26. The summed E-state index contributed by atoms with van der Waals surface area (Å²) in [4.78, 5) is 21.6. The van der Waals surface area contributed by atoms with Gasteiger partial charge in [0.15, 0.2) is 5.11 Å². The van der Waals surface area contributed by atoms with Gasteiger partial charge in [0, 0.05) is 23.9 Å². The molecule has 2 fully saturated rings. The second-order valence-electron chi connectivity index (χ2n) is 6.13. The van der Waals surface area contributed by atoms with Crippen LogP contribution in [0.25, 0.3) is 0 Å². The number of carboxylic acid groups (broad SMARTS) is 1. The largest absolute Gasteiger partial charge is 0.481 e. The van der Waals surface area contributed by atoms with Crippen molar-refractivity contribution in [2.75, 3.05) is 5.32 Å². The zero-order chi connectivity index (χ0) is 16.6. The average Bonchev–Trinajstić information content (AvgIpc) is 3.08. The van der Waals surface area contributed by atoms with Crippen molar-refractivity contribution < 1.29 is 14.8 Å². The van der Waals surface area contributed by atoms with Crippen molar-refractivity contribution in [3.05, 3.63) is 34.4 Å². The van der Waals surface area contributed by atoms with Crippen LogP contribution >= 0.6 is 12.2 Å². The molecule has 0 spiro atoms. The van der Waals surface area contributed by atoms with Crippen molar-refractivity contribution >= 4 is 34.7 Å². The molecule has 0 aliphatic heterocycles. The fourth-order valence-corrected chi connectivity index (χ4v) is 4.09. The van der Waals surface area contributed by atoms with Crippen molar-refractivity contribution in [3.8, 4) is 0 Å². The van der Waals surface area contributed by atoms with E-state index in [0.717, 1.165) is 19.3 Å². The Morgan fingerprint density at radius 3 is 2.52 bits per heavy atom. The number of thiocarbonyl (C=S) groups is 1. The lowest BCUT2D eigenvalue weighted by molar-refractivity contribution is -0.384. The van der Waals surface area contributed by atoms with Crippen LogP contribution in [0.2, 0.25) is 0 Å². The van der Waals surface area contributed by atoms with Gasteiger partial charge in [0.1, 0.15) is 0 Å².